The maximum absolute atomic E-state index is 12.1. The molecule has 0 spiro atoms. The van der Waals surface area contributed by atoms with Crippen molar-refractivity contribution >= 4 is 5.97 Å². The van der Waals surface area contributed by atoms with E-state index < -0.39 is 11.4 Å². The predicted octanol–water partition coefficient (Wildman–Crippen LogP) is 3.97. The van der Waals surface area contributed by atoms with E-state index in [9.17, 15) is 9.90 Å². The molecule has 0 saturated heterocycles. The maximum Gasteiger partial charge on any atom is 0.310 e. The fourth-order valence-corrected chi connectivity index (χ4v) is 7.02. The molecule has 2 heteroatoms. The molecule has 4 bridgehead atoms. The predicted molar refractivity (Wildman–Crippen MR) is 78.1 cm³/mol. The quantitative estimate of drug-likeness (QED) is 0.580. The summed E-state index contributed by atoms with van der Waals surface area (Å²) in [7, 11) is 0. The molecule has 0 aromatic carbocycles. The van der Waals surface area contributed by atoms with Crippen LogP contribution in [0.2, 0.25) is 0 Å². The lowest BCUT2D eigenvalue weighted by Crippen LogP contribution is -2.53. The Balaban J connectivity index is 1.85. The highest BCUT2D eigenvalue weighted by Gasteiger charge is 2.74. The Hall–Kier alpha value is -0.790. The lowest BCUT2D eigenvalue weighted by Gasteiger charge is -2.52. The third-order valence-electron chi connectivity index (χ3n) is 8.50. The maximum atomic E-state index is 12.1. The van der Waals surface area contributed by atoms with Crippen LogP contribution in [0.4, 0.5) is 0 Å². The minimum absolute atomic E-state index is 0.0661. The van der Waals surface area contributed by atoms with Crippen LogP contribution in [0.25, 0.3) is 0 Å². The van der Waals surface area contributed by atoms with Gasteiger partial charge in [-0.1, -0.05) is 25.0 Å². The van der Waals surface area contributed by atoms with Gasteiger partial charge in [-0.3, -0.25) is 4.79 Å². The molecule has 4 aliphatic rings. The number of carbonyl (C=O) groups is 1. The highest BCUT2D eigenvalue weighted by molar-refractivity contribution is 5.77. The number of carboxylic acid groups (broad SMARTS) is 1. The van der Waals surface area contributed by atoms with Gasteiger partial charge in [-0.15, -0.1) is 0 Å². The third kappa shape index (κ3) is 1.03. The fraction of sp³-hybridized carbons (Fsp3) is 0.833. The highest BCUT2D eigenvalue weighted by Crippen LogP contribution is 2.77. The minimum atomic E-state index is -0.561. The first-order valence-electron chi connectivity index (χ1n) is 8.13. The van der Waals surface area contributed by atoms with E-state index in [0.29, 0.717) is 23.7 Å². The molecule has 0 aromatic rings. The van der Waals surface area contributed by atoms with Crippen molar-refractivity contribution in [2.75, 3.05) is 0 Å². The average Bonchev–Trinajstić information content (AvgIpc) is 3.02. The molecular weight excluding hydrogens is 248 g/mol. The standard InChI is InChI=1S/C18H26O2/c1-8-9(2)11-6-10(8)14-12-7-13(15(11)14)18(5,16(19)20)17(12,3)4/h10-15H,6-7H2,1-5H3,(H,19,20). The minimum Gasteiger partial charge on any atom is -0.481 e. The number of hydrogen-bond acceptors (Lipinski definition) is 1. The van der Waals surface area contributed by atoms with E-state index >= 15 is 0 Å². The fourth-order valence-electron chi connectivity index (χ4n) is 7.02. The second-order valence-corrected chi connectivity index (χ2v) is 8.65. The Morgan fingerprint density at radius 3 is 2.00 bits per heavy atom. The molecule has 3 fully saturated rings. The number of aliphatic carboxylic acids is 1. The molecule has 1 N–H and O–H groups in total. The van der Waals surface area contributed by atoms with Crippen LogP contribution in [0.3, 0.4) is 0 Å². The summed E-state index contributed by atoms with van der Waals surface area (Å²) in [6.07, 6.45) is 2.46. The molecule has 4 rings (SSSR count). The summed E-state index contributed by atoms with van der Waals surface area (Å²) in [6.45, 7) is 11.1. The molecule has 0 aliphatic heterocycles. The van der Waals surface area contributed by atoms with Gasteiger partial charge in [-0.25, -0.2) is 0 Å². The van der Waals surface area contributed by atoms with Crippen molar-refractivity contribution < 1.29 is 9.90 Å². The van der Waals surface area contributed by atoms with Gasteiger partial charge in [0.25, 0.3) is 0 Å². The first-order chi connectivity index (χ1) is 9.23. The number of hydrogen-bond donors (Lipinski definition) is 1. The van der Waals surface area contributed by atoms with Gasteiger partial charge in [0.15, 0.2) is 0 Å². The topological polar surface area (TPSA) is 37.3 Å². The molecule has 0 radical (unpaired) electrons. The summed E-state index contributed by atoms with van der Waals surface area (Å²) >= 11 is 0. The monoisotopic (exact) mass is 274 g/mol. The number of fused-ring (bicyclic) bond motifs is 9. The average molecular weight is 274 g/mol. The van der Waals surface area contributed by atoms with Crippen LogP contribution in [-0.2, 0) is 4.79 Å². The van der Waals surface area contributed by atoms with Gasteiger partial charge >= 0.3 is 5.97 Å². The zero-order chi connectivity index (χ0) is 14.6. The number of carboxylic acids is 1. The molecule has 0 heterocycles. The Morgan fingerprint density at radius 2 is 1.50 bits per heavy atom. The first kappa shape index (κ1) is 12.9. The van der Waals surface area contributed by atoms with E-state index in [-0.39, 0.29) is 5.41 Å². The SMILES string of the molecule is CC1=C(C)C2CC1C1C2C2CC1C(C)(C)C2(C)C(=O)O. The van der Waals surface area contributed by atoms with Crippen molar-refractivity contribution in [3.63, 3.8) is 0 Å². The molecular formula is C18H26O2. The van der Waals surface area contributed by atoms with Gasteiger partial charge in [0.05, 0.1) is 5.41 Å². The lowest BCUT2D eigenvalue weighted by molar-refractivity contribution is -0.166. The van der Waals surface area contributed by atoms with E-state index in [0.717, 1.165) is 18.3 Å². The van der Waals surface area contributed by atoms with Gasteiger partial charge in [0, 0.05) is 0 Å². The molecule has 0 aromatic heterocycles. The second kappa shape index (κ2) is 3.34. The third-order valence-corrected chi connectivity index (χ3v) is 8.50. The van der Waals surface area contributed by atoms with E-state index in [2.05, 4.69) is 27.7 Å². The molecule has 110 valence electrons. The number of rotatable bonds is 1. The summed E-state index contributed by atoms with van der Waals surface area (Å²) in [4.78, 5) is 12.1. The highest BCUT2D eigenvalue weighted by atomic mass is 16.4. The Bertz CT molecular complexity index is 544. The Morgan fingerprint density at radius 1 is 1.00 bits per heavy atom. The van der Waals surface area contributed by atoms with E-state index in [1.807, 2.05) is 6.92 Å². The normalized spacial score (nSPS) is 54.6. The van der Waals surface area contributed by atoms with E-state index in [1.54, 1.807) is 11.1 Å². The zero-order valence-corrected chi connectivity index (χ0v) is 13.2. The van der Waals surface area contributed by atoms with Crippen molar-refractivity contribution in [2.24, 2.45) is 46.3 Å². The summed E-state index contributed by atoms with van der Waals surface area (Å²) in [5.41, 5.74) is 2.63. The lowest BCUT2D eigenvalue weighted by atomic mass is 9.51. The van der Waals surface area contributed by atoms with Crippen LogP contribution < -0.4 is 0 Å². The van der Waals surface area contributed by atoms with Gasteiger partial charge in [0.1, 0.15) is 0 Å². The van der Waals surface area contributed by atoms with Crippen molar-refractivity contribution in [1.29, 1.82) is 0 Å². The zero-order valence-electron chi connectivity index (χ0n) is 13.2. The number of allylic oxidation sites excluding steroid dienone is 2. The van der Waals surface area contributed by atoms with Crippen molar-refractivity contribution in [3.8, 4) is 0 Å². The molecule has 3 saturated carbocycles. The van der Waals surface area contributed by atoms with E-state index in [4.69, 9.17) is 0 Å². The first-order valence-corrected chi connectivity index (χ1v) is 8.13. The van der Waals surface area contributed by atoms with Crippen LogP contribution in [0, 0.1) is 46.3 Å². The van der Waals surface area contributed by atoms with Crippen LogP contribution >= 0.6 is 0 Å². The molecule has 2 nitrogen and oxygen atoms in total. The molecule has 0 amide bonds. The second-order valence-electron chi connectivity index (χ2n) is 8.65. The Labute approximate surface area is 121 Å². The largest absolute Gasteiger partial charge is 0.481 e. The van der Waals surface area contributed by atoms with Crippen LogP contribution in [-0.4, -0.2) is 11.1 Å². The summed E-state index contributed by atoms with van der Waals surface area (Å²) in [5.74, 6) is 3.32. The summed E-state index contributed by atoms with van der Waals surface area (Å²) in [5, 5.41) is 9.93. The molecule has 4 aliphatic carbocycles. The van der Waals surface area contributed by atoms with Gasteiger partial charge in [-0.2, -0.15) is 0 Å². The van der Waals surface area contributed by atoms with Crippen LogP contribution in [0.5, 0.6) is 0 Å². The molecule has 7 unspecified atom stereocenters. The van der Waals surface area contributed by atoms with Crippen molar-refractivity contribution in [2.45, 2.75) is 47.5 Å². The van der Waals surface area contributed by atoms with Gasteiger partial charge in [0.2, 0.25) is 0 Å². The van der Waals surface area contributed by atoms with E-state index in [1.165, 1.54) is 6.42 Å². The van der Waals surface area contributed by atoms with Gasteiger partial charge in [-0.05, 0) is 74.5 Å². The Kier molecular flexibility index (Phi) is 2.15. The van der Waals surface area contributed by atoms with Crippen LogP contribution in [0.15, 0.2) is 11.1 Å². The van der Waals surface area contributed by atoms with Crippen LogP contribution in [0.1, 0.15) is 47.5 Å². The smallest absolute Gasteiger partial charge is 0.310 e. The summed E-state index contributed by atoms with van der Waals surface area (Å²) < 4.78 is 0. The molecule has 7 atom stereocenters. The van der Waals surface area contributed by atoms with Gasteiger partial charge < -0.3 is 5.11 Å². The van der Waals surface area contributed by atoms with Crippen molar-refractivity contribution in [1.82, 2.24) is 0 Å². The van der Waals surface area contributed by atoms with Crippen molar-refractivity contribution in [3.05, 3.63) is 11.1 Å². The molecule has 20 heavy (non-hydrogen) atoms. The summed E-state index contributed by atoms with van der Waals surface area (Å²) in [6, 6.07) is 0.